The fraction of sp³-hybridized carbons (Fsp3) is 0.818. The third-order valence-corrected chi connectivity index (χ3v) is 2.29. The number of amides is 2. The van der Waals surface area contributed by atoms with E-state index in [-0.39, 0.29) is 22.9 Å². The topological polar surface area (TPSA) is 93.5 Å². The zero-order chi connectivity index (χ0) is 12.2. The Kier molecular flexibility index (Phi) is 14.5. The highest BCUT2D eigenvalue weighted by atomic mass is 79.9. The van der Waals surface area contributed by atoms with Gasteiger partial charge in [0.15, 0.2) is 5.96 Å². The minimum Gasteiger partial charge on any atom is -0.370 e. The van der Waals surface area contributed by atoms with Crippen molar-refractivity contribution in [2.45, 2.75) is 51.9 Å². The summed E-state index contributed by atoms with van der Waals surface area (Å²) in [6.45, 7) is 2.85. The maximum Gasteiger partial charge on any atom is 0.344 e. The predicted octanol–water partition coefficient (Wildman–Crippen LogP) is 2.30. The molecular formula is C11H25BrN4O. The molecule has 0 unspecified atom stereocenters. The van der Waals surface area contributed by atoms with Crippen molar-refractivity contribution in [1.82, 2.24) is 5.32 Å². The van der Waals surface area contributed by atoms with Crippen LogP contribution in [0.4, 0.5) is 4.79 Å². The average molecular weight is 309 g/mol. The molecule has 102 valence electrons. The van der Waals surface area contributed by atoms with Crippen molar-refractivity contribution in [1.29, 1.82) is 0 Å². The van der Waals surface area contributed by atoms with Crippen LogP contribution in [0.3, 0.4) is 0 Å². The van der Waals surface area contributed by atoms with Gasteiger partial charge in [-0.1, -0.05) is 45.4 Å². The van der Waals surface area contributed by atoms with Crippen molar-refractivity contribution >= 4 is 29.0 Å². The second-order valence-corrected chi connectivity index (χ2v) is 3.89. The fourth-order valence-corrected chi connectivity index (χ4v) is 1.43. The highest BCUT2D eigenvalue weighted by Gasteiger charge is 1.96. The van der Waals surface area contributed by atoms with Crippen molar-refractivity contribution in [2.75, 3.05) is 6.54 Å². The van der Waals surface area contributed by atoms with Gasteiger partial charge in [0, 0.05) is 6.54 Å². The quantitative estimate of drug-likeness (QED) is 0.365. The Balaban J connectivity index is 0. The summed E-state index contributed by atoms with van der Waals surface area (Å²) in [4.78, 5) is 14.3. The number of guanidine groups is 1. The van der Waals surface area contributed by atoms with Crippen LogP contribution in [0.1, 0.15) is 51.9 Å². The van der Waals surface area contributed by atoms with Gasteiger partial charge in [-0.05, 0) is 6.42 Å². The summed E-state index contributed by atoms with van der Waals surface area (Å²) in [5.41, 5.74) is 10.1. The Morgan fingerprint density at radius 1 is 1.06 bits per heavy atom. The van der Waals surface area contributed by atoms with E-state index in [1.807, 2.05) is 0 Å². The standard InChI is InChI=1S/C11H24N4O.BrH/c1-2-3-4-5-6-7-8-9-14-11(16)15-10(12)13;/h2-9H2,1H3,(H5,12,13,14,15,16);1H. The first-order valence-corrected chi connectivity index (χ1v) is 6.04. The molecule has 0 aliphatic rings. The van der Waals surface area contributed by atoms with E-state index in [0.29, 0.717) is 6.54 Å². The van der Waals surface area contributed by atoms with Crippen molar-refractivity contribution in [3.05, 3.63) is 0 Å². The molecule has 2 amide bonds. The van der Waals surface area contributed by atoms with Crippen LogP contribution in [0.25, 0.3) is 0 Å². The van der Waals surface area contributed by atoms with Gasteiger partial charge in [-0.25, -0.2) is 4.79 Å². The van der Waals surface area contributed by atoms with E-state index in [9.17, 15) is 4.79 Å². The van der Waals surface area contributed by atoms with Gasteiger partial charge in [0.25, 0.3) is 0 Å². The van der Waals surface area contributed by atoms with Crippen LogP contribution in [0.2, 0.25) is 0 Å². The number of nitrogens with two attached hydrogens (primary N) is 2. The van der Waals surface area contributed by atoms with Crippen LogP contribution in [0.15, 0.2) is 4.99 Å². The van der Waals surface area contributed by atoms with Gasteiger partial charge < -0.3 is 16.8 Å². The Morgan fingerprint density at radius 2 is 1.59 bits per heavy atom. The largest absolute Gasteiger partial charge is 0.370 e. The van der Waals surface area contributed by atoms with Gasteiger partial charge in [-0.2, -0.15) is 4.99 Å². The van der Waals surface area contributed by atoms with Crippen molar-refractivity contribution in [3.8, 4) is 0 Å². The Hall–Kier alpha value is -0.780. The minimum atomic E-state index is -0.453. The fourth-order valence-electron chi connectivity index (χ4n) is 1.43. The molecule has 0 aliphatic carbocycles. The summed E-state index contributed by atoms with van der Waals surface area (Å²) < 4.78 is 0. The Bertz CT molecular complexity index is 218. The summed E-state index contributed by atoms with van der Waals surface area (Å²) in [5, 5.41) is 2.63. The summed E-state index contributed by atoms with van der Waals surface area (Å²) in [6.07, 6.45) is 8.56. The smallest absolute Gasteiger partial charge is 0.344 e. The molecule has 5 N–H and O–H groups in total. The van der Waals surface area contributed by atoms with E-state index in [4.69, 9.17) is 11.5 Å². The minimum absolute atomic E-state index is 0. The second-order valence-electron chi connectivity index (χ2n) is 3.89. The number of nitrogens with zero attached hydrogens (tertiary/aromatic N) is 1. The first-order chi connectivity index (χ1) is 7.66. The third kappa shape index (κ3) is 15.2. The summed E-state index contributed by atoms with van der Waals surface area (Å²) in [6, 6.07) is -0.453. The lowest BCUT2D eigenvalue weighted by molar-refractivity contribution is 0.249. The molecule has 6 heteroatoms. The van der Waals surface area contributed by atoms with E-state index >= 15 is 0 Å². The number of hydrogen-bond acceptors (Lipinski definition) is 1. The molecule has 0 heterocycles. The van der Waals surface area contributed by atoms with Crippen LogP contribution >= 0.6 is 17.0 Å². The Labute approximate surface area is 114 Å². The molecule has 0 spiro atoms. The van der Waals surface area contributed by atoms with Crippen LogP contribution in [-0.4, -0.2) is 18.5 Å². The monoisotopic (exact) mass is 308 g/mol. The molecule has 0 bridgehead atoms. The van der Waals surface area contributed by atoms with Crippen LogP contribution < -0.4 is 16.8 Å². The molecule has 5 nitrogen and oxygen atoms in total. The lowest BCUT2D eigenvalue weighted by Crippen LogP contribution is -2.29. The molecule has 17 heavy (non-hydrogen) atoms. The zero-order valence-corrected chi connectivity index (χ0v) is 12.3. The number of carbonyl (C=O) groups excluding carboxylic acids is 1. The maximum absolute atomic E-state index is 11.0. The normalized spacial score (nSPS) is 9.24. The van der Waals surface area contributed by atoms with Crippen molar-refractivity contribution in [2.24, 2.45) is 16.5 Å². The number of nitrogens with one attached hydrogen (secondary N) is 1. The van der Waals surface area contributed by atoms with Gasteiger partial charge >= 0.3 is 6.03 Å². The molecule has 0 saturated carbocycles. The molecule has 0 atom stereocenters. The molecule has 0 fully saturated rings. The number of hydrogen-bond donors (Lipinski definition) is 3. The molecule has 0 aromatic heterocycles. The third-order valence-electron chi connectivity index (χ3n) is 2.29. The number of rotatable bonds is 8. The number of halogens is 1. The van der Waals surface area contributed by atoms with Crippen LogP contribution in [-0.2, 0) is 0 Å². The molecule has 0 rings (SSSR count). The number of aliphatic imine (C=N–C) groups is 1. The zero-order valence-electron chi connectivity index (χ0n) is 10.6. The number of carbonyl (C=O) groups is 1. The lowest BCUT2D eigenvalue weighted by atomic mass is 10.1. The van der Waals surface area contributed by atoms with Crippen LogP contribution in [0.5, 0.6) is 0 Å². The van der Waals surface area contributed by atoms with Gasteiger partial charge in [0.05, 0.1) is 0 Å². The van der Waals surface area contributed by atoms with Crippen molar-refractivity contribution < 1.29 is 4.79 Å². The molecule has 0 saturated heterocycles. The summed E-state index contributed by atoms with van der Waals surface area (Å²) >= 11 is 0. The molecule has 0 aromatic rings. The number of unbranched alkanes of at least 4 members (excludes halogenated alkanes) is 6. The van der Waals surface area contributed by atoms with Crippen LogP contribution in [0, 0.1) is 0 Å². The van der Waals surface area contributed by atoms with E-state index in [0.717, 1.165) is 12.8 Å². The highest BCUT2D eigenvalue weighted by Crippen LogP contribution is 2.06. The Morgan fingerprint density at radius 3 is 2.12 bits per heavy atom. The van der Waals surface area contributed by atoms with Crippen molar-refractivity contribution in [3.63, 3.8) is 0 Å². The molecule has 0 aromatic carbocycles. The summed E-state index contributed by atoms with van der Waals surface area (Å²) in [7, 11) is 0. The van der Waals surface area contributed by atoms with E-state index in [2.05, 4.69) is 17.2 Å². The molecule has 0 aliphatic heterocycles. The maximum atomic E-state index is 11.0. The summed E-state index contributed by atoms with van der Waals surface area (Å²) in [5.74, 6) is -0.197. The lowest BCUT2D eigenvalue weighted by Gasteiger charge is -2.02. The molecule has 0 radical (unpaired) electrons. The first kappa shape index (κ1) is 18.6. The van der Waals surface area contributed by atoms with Gasteiger partial charge in [0.2, 0.25) is 0 Å². The van der Waals surface area contributed by atoms with Gasteiger partial charge in [-0.3, -0.25) is 0 Å². The number of urea groups is 1. The van der Waals surface area contributed by atoms with Gasteiger partial charge in [0.1, 0.15) is 0 Å². The van der Waals surface area contributed by atoms with Gasteiger partial charge in [-0.15, -0.1) is 17.0 Å². The second kappa shape index (κ2) is 13.3. The molecular weight excluding hydrogens is 284 g/mol. The van der Waals surface area contributed by atoms with E-state index < -0.39 is 6.03 Å². The average Bonchev–Trinajstić information content (AvgIpc) is 2.21. The predicted molar refractivity (Wildman–Crippen MR) is 77.5 cm³/mol. The van der Waals surface area contributed by atoms with E-state index in [1.165, 1.54) is 32.1 Å². The SMILES string of the molecule is Br.CCCCCCCCCNC(=O)N=C(N)N. The highest BCUT2D eigenvalue weighted by molar-refractivity contribution is 8.93. The van der Waals surface area contributed by atoms with E-state index in [1.54, 1.807) is 0 Å². The first-order valence-electron chi connectivity index (χ1n) is 6.04.